The van der Waals surface area contributed by atoms with Gasteiger partial charge in [-0.3, -0.25) is 0 Å². The van der Waals surface area contributed by atoms with Gasteiger partial charge in [-0.05, 0) is 12.8 Å². The van der Waals surface area contributed by atoms with Gasteiger partial charge < -0.3 is 19.5 Å². The SMILES string of the molecule is C=CCCc1ncnc2c1ncn2CC1O[C@H](CO)[C@@H](O)[C@H]1F. The number of nitrogens with zero attached hydrogens (tertiary/aromatic N) is 4. The van der Waals surface area contributed by atoms with Gasteiger partial charge in [0.05, 0.1) is 25.2 Å². The highest BCUT2D eigenvalue weighted by molar-refractivity contribution is 5.73. The lowest BCUT2D eigenvalue weighted by atomic mass is 10.1. The minimum absolute atomic E-state index is 0.156. The second-order valence-corrected chi connectivity index (χ2v) is 5.55. The zero-order chi connectivity index (χ0) is 16.4. The molecule has 3 heterocycles. The van der Waals surface area contributed by atoms with E-state index in [1.807, 2.05) is 0 Å². The van der Waals surface area contributed by atoms with E-state index >= 15 is 0 Å². The maximum absolute atomic E-state index is 14.1. The minimum atomic E-state index is -1.56. The first-order valence-electron chi connectivity index (χ1n) is 7.49. The van der Waals surface area contributed by atoms with Gasteiger partial charge in [0, 0.05) is 0 Å². The summed E-state index contributed by atoms with van der Waals surface area (Å²) in [6.07, 6.45) is 1.66. The van der Waals surface area contributed by atoms with Crippen LogP contribution in [0.3, 0.4) is 0 Å². The largest absolute Gasteiger partial charge is 0.394 e. The number of fused-ring (bicyclic) bond motifs is 1. The van der Waals surface area contributed by atoms with E-state index in [9.17, 15) is 9.50 Å². The van der Waals surface area contributed by atoms with Crippen LogP contribution in [0.25, 0.3) is 11.2 Å². The van der Waals surface area contributed by atoms with E-state index in [4.69, 9.17) is 9.84 Å². The number of ether oxygens (including phenoxy) is 1. The first kappa shape index (κ1) is 16.0. The molecule has 3 rings (SSSR count). The van der Waals surface area contributed by atoms with Crippen LogP contribution in [0.15, 0.2) is 25.3 Å². The van der Waals surface area contributed by atoms with Gasteiger partial charge in [0.1, 0.15) is 30.2 Å². The van der Waals surface area contributed by atoms with Crippen molar-refractivity contribution >= 4 is 11.2 Å². The summed E-state index contributed by atoms with van der Waals surface area (Å²) in [6, 6.07) is 0. The van der Waals surface area contributed by atoms with E-state index in [1.165, 1.54) is 6.33 Å². The standard InChI is InChI=1S/C15H19FN4O3/c1-2-3-4-9-13-15(18-7-17-9)20(8-19-13)5-10-12(16)14(22)11(6-21)23-10/h2,7-8,10-12,14,21-22H,1,3-6H2/t10?,11-,12+,14-/m1/s1. The summed E-state index contributed by atoms with van der Waals surface area (Å²) < 4.78 is 21.1. The number of aromatic nitrogens is 4. The quantitative estimate of drug-likeness (QED) is 0.748. The number of aliphatic hydroxyl groups is 2. The molecule has 2 aromatic heterocycles. The van der Waals surface area contributed by atoms with Crippen LogP contribution in [0.4, 0.5) is 4.39 Å². The zero-order valence-corrected chi connectivity index (χ0v) is 12.5. The predicted molar refractivity (Wildman–Crippen MR) is 80.5 cm³/mol. The van der Waals surface area contributed by atoms with Gasteiger partial charge in [-0.2, -0.15) is 0 Å². The number of halogens is 1. The Kier molecular flexibility index (Phi) is 4.65. The van der Waals surface area contributed by atoms with Crippen molar-refractivity contribution in [1.82, 2.24) is 19.5 Å². The summed E-state index contributed by atoms with van der Waals surface area (Å²) in [5.41, 5.74) is 2.07. The minimum Gasteiger partial charge on any atom is -0.394 e. The Morgan fingerprint density at radius 2 is 2.17 bits per heavy atom. The third kappa shape index (κ3) is 2.97. The molecule has 0 bridgehead atoms. The van der Waals surface area contributed by atoms with Crippen molar-refractivity contribution in [3.8, 4) is 0 Å². The van der Waals surface area contributed by atoms with Crippen molar-refractivity contribution < 1.29 is 19.3 Å². The van der Waals surface area contributed by atoms with Crippen molar-refractivity contribution in [2.45, 2.75) is 43.9 Å². The van der Waals surface area contributed by atoms with E-state index in [1.54, 1.807) is 17.0 Å². The van der Waals surface area contributed by atoms with Crippen LogP contribution in [0.2, 0.25) is 0 Å². The van der Waals surface area contributed by atoms with Crippen molar-refractivity contribution in [2.24, 2.45) is 0 Å². The summed E-state index contributed by atoms with van der Waals surface area (Å²) in [7, 11) is 0. The van der Waals surface area contributed by atoms with Gasteiger partial charge in [-0.1, -0.05) is 6.08 Å². The molecule has 0 amide bonds. The third-order valence-electron chi connectivity index (χ3n) is 4.03. The highest BCUT2D eigenvalue weighted by Gasteiger charge is 2.43. The molecule has 23 heavy (non-hydrogen) atoms. The van der Waals surface area contributed by atoms with Crippen LogP contribution in [0.1, 0.15) is 12.1 Å². The molecule has 4 atom stereocenters. The average Bonchev–Trinajstić information content (AvgIpc) is 3.10. The Morgan fingerprint density at radius 1 is 1.35 bits per heavy atom. The van der Waals surface area contributed by atoms with Gasteiger partial charge in [-0.15, -0.1) is 6.58 Å². The Hall–Kier alpha value is -1.90. The summed E-state index contributed by atoms with van der Waals surface area (Å²) in [5, 5.41) is 18.8. The molecular formula is C15H19FN4O3. The van der Waals surface area contributed by atoms with Crippen LogP contribution in [0.5, 0.6) is 0 Å². The molecule has 1 fully saturated rings. The Labute approximate surface area is 132 Å². The molecule has 124 valence electrons. The van der Waals surface area contributed by atoms with Crippen molar-refractivity contribution in [2.75, 3.05) is 6.61 Å². The van der Waals surface area contributed by atoms with Gasteiger partial charge in [0.15, 0.2) is 11.8 Å². The molecule has 0 spiro atoms. The number of imidazole rings is 1. The highest BCUT2D eigenvalue weighted by Crippen LogP contribution is 2.26. The number of hydrogen-bond donors (Lipinski definition) is 2. The lowest BCUT2D eigenvalue weighted by molar-refractivity contribution is -0.0257. The molecule has 1 saturated heterocycles. The lowest BCUT2D eigenvalue weighted by Gasteiger charge is -2.13. The van der Waals surface area contributed by atoms with Crippen molar-refractivity contribution in [3.63, 3.8) is 0 Å². The Morgan fingerprint density at radius 3 is 2.87 bits per heavy atom. The van der Waals surface area contributed by atoms with Crippen molar-refractivity contribution in [3.05, 3.63) is 31.0 Å². The number of allylic oxidation sites excluding steroid dienone is 1. The Bertz CT molecular complexity index is 692. The molecule has 2 aromatic rings. The molecule has 0 aromatic carbocycles. The fourth-order valence-corrected chi connectivity index (χ4v) is 2.78. The Balaban J connectivity index is 1.83. The van der Waals surface area contributed by atoms with Gasteiger partial charge in [0.2, 0.25) is 0 Å². The van der Waals surface area contributed by atoms with E-state index < -0.39 is 31.1 Å². The van der Waals surface area contributed by atoms with Gasteiger partial charge in [0.25, 0.3) is 0 Å². The van der Waals surface area contributed by atoms with Crippen LogP contribution in [-0.4, -0.2) is 60.8 Å². The maximum atomic E-state index is 14.1. The van der Waals surface area contributed by atoms with E-state index in [0.29, 0.717) is 17.6 Å². The molecule has 1 unspecified atom stereocenters. The third-order valence-corrected chi connectivity index (χ3v) is 4.03. The average molecular weight is 322 g/mol. The first-order chi connectivity index (χ1) is 11.2. The molecular weight excluding hydrogens is 303 g/mol. The number of aliphatic hydroxyl groups excluding tert-OH is 2. The zero-order valence-electron chi connectivity index (χ0n) is 12.5. The fraction of sp³-hybridized carbons (Fsp3) is 0.533. The predicted octanol–water partition coefficient (Wildman–Crippen LogP) is 0.404. The summed E-state index contributed by atoms with van der Waals surface area (Å²) in [5.74, 6) is 0. The summed E-state index contributed by atoms with van der Waals surface area (Å²) in [6.45, 7) is 3.42. The van der Waals surface area contributed by atoms with E-state index in [0.717, 1.165) is 12.1 Å². The molecule has 8 heteroatoms. The van der Waals surface area contributed by atoms with Crippen LogP contribution in [-0.2, 0) is 17.7 Å². The number of alkyl halides is 1. The maximum Gasteiger partial charge on any atom is 0.163 e. The number of hydrogen-bond acceptors (Lipinski definition) is 6. The molecule has 0 saturated carbocycles. The fourth-order valence-electron chi connectivity index (χ4n) is 2.78. The van der Waals surface area contributed by atoms with E-state index in [2.05, 4.69) is 21.5 Å². The lowest BCUT2D eigenvalue weighted by Crippen LogP contribution is -2.31. The smallest absolute Gasteiger partial charge is 0.163 e. The normalized spacial score (nSPS) is 27.6. The summed E-state index contributed by atoms with van der Waals surface area (Å²) >= 11 is 0. The van der Waals surface area contributed by atoms with Crippen LogP contribution in [0, 0.1) is 0 Å². The van der Waals surface area contributed by atoms with Gasteiger partial charge >= 0.3 is 0 Å². The van der Waals surface area contributed by atoms with Gasteiger partial charge in [-0.25, -0.2) is 19.3 Å². The summed E-state index contributed by atoms with van der Waals surface area (Å²) in [4.78, 5) is 12.7. The molecule has 2 N–H and O–H groups in total. The number of rotatable bonds is 6. The molecule has 0 aliphatic carbocycles. The second kappa shape index (κ2) is 6.69. The monoisotopic (exact) mass is 322 g/mol. The molecule has 1 aliphatic heterocycles. The highest BCUT2D eigenvalue weighted by atomic mass is 19.1. The topological polar surface area (TPSA) is 93.3 Å². The molecule has 1 aliphatic rings. The second-order valence-electron chi connectivity index (χ2n) is 5.55. The van der Waals surface area contributed by atoms with E-state index in [-0.39, 0.29) is 6.54 Å². The van der Waals surface area contributed by atoms with Crippen molar-refractivity contribution in [1.29, 1.82) is 0 Å². The number of aryl methyl sites for hydroxylation is 1. The molecule has 0 radical (unpaired) electrons. The first-order valence-corrected chi connectivity index (χ1v) is 7.49. The molecule has 7 nitrogen and oxygen atoms in total. The van der Waals surface area contributed by atoms with Crippen LogP contribution < -0.4 is 0 Å². The van der Waals surface area contributed by atoms with Crippen LogP contribution >= 0.6 is 0 Å².